The molecule has 3 heterocycles. The summed E-state index contributed by atoms with van der Waals surface area (Å²) in [5.74, 6) is 1.24. The summed E-state index contributed by atoms with van der Waals surface area (Å²) in [5, 5.41) is 3.07. The Hall–Kier alpha value is -2.65. The third-order valence-electron chi connectivity index (χ3n) is 6.13. The average Bonchev–Trinajstić information content (AvgIpc) is 2.83. The number of rotatable bonds is 6. The first-order valence-corrected chi connectivity index (χ1v) is 12.3. The molecule has 0 bridgehead atoms. The van der Waals surface area contributed by atoms with E-state index in [-0.39, 0.29) is 22.1 Å². The fraction of sp³-hybridized carbons (Fsp3) is 0.478. The van der Waals surface area contributed by atoms with Gasteiger partial charge in [0, 0.05) is 43.4 Å². The summed E-state index contributed by atoms with van der Waals surface area (Å²) in [6.07, 6.45) is 3.89. The molecule has 0 unspecified atom stereocenters. The lowest BCUT2D eigenvalue weighted by atomic mass is 9.84. The molecule has 9 heteroatoms. The number of ether oxygens (including phenoxy) is 2. The number of aromatic nitrogens is 1. The number of carbonyl (C=O) groups is 1. The van der Waals surface area contributed by atoms with Crippen molar-refractivity contribution >= 4 is 15.9 Å². The van der Waals surface area contributed by atoms with Crippen molar-refractivity contribution in [3.63, 3.8) is 0 Å². The maximum absolute atomic E-state index is 12.8. The molecule has 172 valence electrons. The Morgan fingerprint density at radius 1 is 1.16 bits per heavy atom. The summed E-state index contributed by atoms with van der Waals surface area (Å²) >= 11 is 0. The molecule has 2 aliphatic heterocycles. The van der Waals surface area contributed by atoms with Crippen LogP contribution in [-0.2, 0) is 20.2 Å². The molecule has 1 amide bonds. The van der Waals surface area contributed by atoms with Crippen LogP contribution in [0.5, 0.6) is 11.5 Å². The number of sulfonamides is 1. The third-order valence-corrected chi connectivity index (χ3v) is 8.01. The van der Waals surface area contributed by atoms with Crippen LogP contribution in [0.1, 0.15) is 32.3 Å². The molecule has 0 aliphatic carbocycles. The molecule has 2 aromatic rings. The maximum atomic E-state index is 12.8. The number of amides is 1. The minimum Gasteiger partial charge on any atom is -0.486 e. The predicted octanol–water partition coefficient (Wildman–Crippen LogP) is 2.35. The lowest BCUT2D eigenvalue weighted by molar-refractivity contribution is -0.126. The molecule has 1 aromatic heterocycles. The van der Waals surface area contributed by atoms with Gasteiger partial charge in [-0.15, -0.1) is 0 Å². The van der Waals surface area contributed by atoms with Gasteiger partial charge in [0.05, 0.1) is 0 Å². The number of nitrogens with zero attached hydrogens (tertiary/aromatic N) is 2. The van der Waals surface area contributed by atoms with E-state index < -0.39 is 10.0 Å². The van der Waals surface area contributed by atoms with E-state index in [0.717, 1.165) is 17.1 Å². The van der Waals surface area contributed by atoms with Crippen molar-refractivity contribution in [2.45, 2.75) is 37.0 Å². The summed E-state index contributed by atoms with van der Waals surface area (Å²) in [4.78, 5) is 16.9. The van der Waals surface area contributed by atoms with E-state index >= 15 is 0 Å². The summed E-state index contributed by atoms with van der Waals surface area (Å²) in [6.45, 7) is 6.34. The Bertz CT molecular complexity index is 1060. The normalized spacial score (nSPS) is 17.7. The van der Waals surface area contributed by atoms with Crippen molar-refractivity contribution in [1.82, 2.24) is 14.6 Å². The molecule has 0 saturated carbocycles. The number of carbonyl (C=O) groups excluding carboxylic acids is 1. The smallest absolute Gasteiger partial charge is 0.244 e. The molecular weight excluding hydrogens is 430 g/mol. The minimum absolute atomic E-state index is 0.0333. The fourth-order valence-corrected chi connectivity index (χ4v) is 5.46. The Balaban J connectivity index is 1.32. The minimum atomic E-state index is -3.57. The van der Waals surface area contributed by atoms with Gasteiger partial charge in [-0.25, -0.2) is 8.42 Å². The predicted molar refractivity (Wildman–Crippen MR) is 119 cm³/mol. The van der Waals surface area contributed by atoms with E-state index in [1.807, 2.05) is 18.2 Å². The first kappa shape index (κ1) is 22.5. The second-order valence-corrected chi connectivity index (χ2v) is 10.8. The van der Waals surface area contributed by atoms with Gasteiger partial charge in [0.2, 0.25) is 15.9 Å². The highest BCUT2D eigenvalue weighted by Crippen LogP contribution is 2.35. The van der Waals surface area contributed by atoms with E-state index in [2.05, 4.69) is 24.1 Å². The molecule has 0 spiro atoms. The van der Waals surface area contributed by atoms with Gasteiger partial charge in [-0.1, -0.05) is 19.9 Å². The fourth-order valence-electron chi connectivity index (χ4n) is 4.03. The van der Waals surface area contributed by atoms with E-state index in [0.29, 0.717) is 45.7 Å². The SMILES string of the molecule is CC(C)(CNC(=O)C1CCN(S(=O)(=O)c2cccnc2)CC1)c1ccc2c(c1)OCCO2. The second kappa shape index (κ2) is 9.07. The van der Waals surface area contributed by atoms with Crippen molar-refractivity contribution < 1.29 is 22.7 Å². The van der Waals surface area contributed by atoms with Crippen molar-refractivity contribution in [1.29, 1.82) is 0 Å². The lowest BCUT2D eigenvalue weighted by Crippen LogP contribution is -2.45. The Morgan fingerprint density at radius 2 is 1.88 bits per heavy atom. The first-order valence-electron chi connectivity index (χ1n) is 10.9. The molecule has 8 nitrogen and oxygen atoms in total. The van der Waals surface area contributed by atoms with Crippen LogP contribution in [0.25, 0.3) is 0 Å². The van der Waals surface area contributed by atoms with Crippen LogP contribution in [0.4, 0.5) is 0 Å². The molecule has 0 atom stereocenters. The molecule has 32 heavy (non-hydrogen) atoms. The van der Waals surface area contributed by atoms with Gasteiger partial charge < -0.3 is 14.8 Å². The number of fused-ring (bicyclic) bond motifs is 1. The largest absolute Gasteiger partial charge is 0.486 e. The maximum Gasteiger partial charge on any atom is 0.244 e. The van der Waals surface area contributed by atoms with Crippen molar-refractivity contribution in [3.05, 3.63) is 48.3 Å². The lowest BCUT2D eigenvalue weighted by Gasteiger charge is -2.32. The first-order chi connectivity index (χ1) is 15.3. The third kappa shape index (κ3) is 4.73. The molecule has 1 N–H and O–H groups in total. The highest BCUT2D eigenvalue weighted by molar-refractivity contribution is 7.89. The van der Waals surface area contributed by atoms with Gasteiger partial charge in [-0.05, 0) is 42.7 Å². The molecule has 1 saturated heterocycles. The zero-order chi connectivity index (χ0) is 22.8. The van der Waals surface area contributed by atoms with E-state index in [1.165, 1.54) is 10.5 Å². The van der Waals surface area contributed by atoms with Gasteiger partial charge in [0.15, 0.2) is 11.5 Å². The summed E-state index contributed by atoms with van der Waals surface area (Å²) in [7, 11) is -3.57. The summed E-state index contributed by atoms with van der Waals surface area (Å²) in [6, 6.07) is 9.04. The molecule has 2 aliphatic rings. The molecule has 4 rings (SSSR count). The Kier molecular flexibility index (Phi) is 6.39. The number of nitrogens with one attached hydrogen (secondary N) is 1. The van der Waals surface area contributed by atoms with E-state index in [9.17, 15) is 13.2 Å². The van der Waals surface area contributed by atoms with Crippen LogP contribution in [0.15, 0.2) is 47.6 Å². The standard InChI is InChI=1S/C23H29N3O5S/c1-23(2,18-5-6-20-21(14-18)31-13-12-30-20)16-25-22(27)17-7-10-26(11-8-17)32(28,29)19-4-3-9-24-15-19/h3-6,9,14-15,17H,7-8,10-13,16H2,1-2H3,(H,25,27). The Morgan fingerprint density at radius 3 is 2.56 bits per heavy atom. The topological polar surface area (TPSA) is 97.8 Å². The quantitative estimate of drug-likeness (QED) is 0.712. The van der Waals surface area contributed by atoms with Crippen LogP contribution in [-0.4, -0.2) is 56.5 Å². The highest BCUT2D eigenvalue weighted by atomic mass is 32.2. The number of pyridine rings is 1. The monoisotopic (exact) mass is 459 g/mol. The second-order valence-electron chi connectivity index (χ2n) is 8.83. The van der Waals surface area contributed by atoms with Crippen molar-refractivity contribution in [2.75, 3.05) is 32.8 Å². The van der Waals surface area contributed by atoms with Gasteiger partial charge in [0.1, 0.15) is 18.1 Å². The molecule has 1 fully saturated rings. The van der Waals surface area contributed by atoms with Gasteiger partial charge in [0.25, 0.3) is 0 Å². The number of benzene rings is 1. The van der Waals surface area contributed by atoms with Crippen LogP contribution in [0.3, 0.4) is 0 Å². The summed E-state index contributed by atoms with van der Waals surface area (Å²) in [5.41, 5.74) is 0.759. The van der Waals surface area contributed by atoms with Crippen LogP contribution < -0.4 is 14.8 Å². The van der Waals surface area contributed by atoms with Crippen LogP contribution in [0.2, 0.25) is 0 Å². The van der Waals surface area contributed by atoms with E-state index in [1.54, 1.807) is 18.3 Å². The Labute approximate surface area is 189 Å². The number of hydrogen-bond acceptors (Lipinski definition) is 6. The van der Waals surface area contributed by atoms with E-state index in [4.69, 9.17) is 9.47 Å². The number of piperidine rings is 1. The van der Waals surface area contributed by atoms with Crippen molar-refractivity contribution in [2.24, 2.45) is 5.92 Å². The molecule has 0 radical (unpaired) electrons. The van der Waals surface area contributed by atoms with Crippen molar-refractivity contribution in [3.8, 4) is 11.5 Å². The van der Waals surface area contributed by atoms with Crippen LogP contribution in [0, 0.1) is 5.92 Å². The zero-order valence-electron chi connectivity index (χ0n) is 18.4. The molecular formula is C23H29N3O5S. The zero-order valence-corrected chi connectivity index (χ0v) is 19.2. The van der Waals surface area contributed by atoms with Crippen LogP contribution >= 0.6 is 0 Å². The average molecular weight is 460 g/mol. The highest BCUT2D eigenvalue weighted by Gasteiger charge is 2.33. The number of hydrogen-bond donors (Lipinski definition) is 1. The van der Waals surface area contributed by atoms with Gasteiger partial charge in [-0.3, -0.25) is 9.78 Å². The molecule has 1 aromatic carbocycles. The summed E-state index contributed by atoms with van der Waals surface area (Å²) < 4.78 is 38.2. The van der Waals surface area contributed by atoms with Gasteiger partial charge >= 0.3 is 0 Å². The van der Waals surface area contributed by atoms with Gasteiger partial charge in [-0.2, -0.15) is 4.31 Å².